The predicted molar refractivity (Wildman–Crippen MR) is 108 cm³/mol. The van der Waals surface area contributed by atoms with E-state index in [1.54, 1.807) is 54.6 Å². The van der Waals surface area contributed by atoms with Gasteiger partial charge in [0, 0.05) is 21.8 Å². The van der Waals surface area contributed by atoms with Crippen LogP contribution in [0.4, 0.5) is 5.69 Å². The molecule has 0 aliphatic heterocycles. The van der Waals surface area contributed by atoms with Crippen molar-refractivity contribution in [3.05, 3.63) is 94.5 Å². The van der Waals surface area contributed by atoms with Crippen LogP contribution in [-0.4, -0.2) is 19.0 Å². The van der Waals surface area contributed by atoms with Gasteiger partial charge in [-0.1, -0.05) is 41.9 Å². The Hall–Kier alpha value is -3.31. The lowest BCUT2D eigenvalue weighted by atomic mass is 10.1. The Morgan fingerprint density at radius 2 is 1.68 bits per heavy atom. The summed E-state index contributed by atoms with van der Waals surface area (Å²) in [6, 6.07) is 20.8. The maximum absolute atomic E-state index is 12.5. The highest BCUT2D eigenvalue weighted by molar-refractivity contribution is 6.31. The summed E-state index contributed by atoms with van der Waals surface area (Å²) in [4.78, 5) is 24.2. The summed E-state index contributed by atoms with van der Waals surface area (Å²) in [5.74, 6) is -0.229. The van der Waals surface area contributed by atoms with E-state index in [2.05, 4.69) is 5.32 Å². The number of esters is 1. The Labute approximate surface area is 167 Å². The van der Waals surface area contributed by atoms with Gasteiger partial charge >= 0.3 is 5.97 Å². The first-order valence-corrected chi connectivity index (χ1v) is 8.90. The van der Waals surface area contributed by atoms with Gasteiger partial charge in [0.1, 0.15) is 12.4 Å². The van der Waals surface area contributed by atoms with Crippen LogP contribution in [0.1, 0.15) is 26.3 Å². The molecule has 0 unspecified atom stereocenters. The van der Waals surface area contributed by atoms with E-state index >= 15 is 0 Å². The number of ether oxygens (including phenoxy) is 2. The second-order valence-corrected chi connectivity index (χ2v) is 6.34. The highest BCUT2D eigenvalue weighted by Gasteiger charge is 2.10. The quantitative estimate of drug-likeness (QED) is 0.599. The first-order chi connectivity index (χ1) is 13.6. The molecule has 3 aromatic carbocycles. The predicted octanol–water partition coefficient (Wildman–Crippen LogP) is 4.96. The smallest absolute Gasteiger partial charge is 0.337 e. The van der Waals surface area contributed by atoms with E-state index in [0.29, 0.717) is 34.2 Å². The summed E-state index contributed by atoms with van der Waals surface area (Å²) in [5.41, 5.74) is 2.14. The molecule has 6 heteroatoms. The molecule has 0 aliphatic rings. The lowest BCUT2D eigenvalue weighted by Gasteiger charge is -2.10. The Kier molecular flexibility index (Phi) is 6.29. The number of hydrogen-bond acceptors (Lipinski definition) is 4. The molecular weight excluding hydrogens is 378 g/mol. The van der Waals surface area contributed by atoms with Gasteiger partial charge in [-0.3, -0.25) is 4.79 Å². The van der Waals surface area contributed by atoms with Crippen LogP contribution in [0.25, 0.3) is 0 Å². The Bertz CT molecular complexity index is 1000. The minimum atomic E-state index is -0.467. The molecule has 0 fully saturated rings. The summed E-state index contributed by atoms with van der Waals surface area (Å²) in [6.45, 7) is 0.298. The molecule has 0 aromatic heterocycles. The first kappa shape index (κ1) is 19.5. The van der Waals surface area contributed by atoms with Crippen LogP contribution in [0.15, 0.2) is 72.8 Å². The zero-order valence-electron chi connectivity index (χ0n) is 15.1. The largest absolute Gasteiger partial charge is 0.489 e. The van der Waals surface area contributed by atoms with Crippen LogP contribution in [-0.2, 0) is 11.3 Å². The standard InChI is InChI=1S/C22H18ClNO4/c1-27-22(26)16-8-4-9-18(12-16)24-21(25)15-7-5-10-19(13-15)28-14-17-6-2-3-11-20(17)23/h2-13H,14H2,1H3,(H,24,25). The van der Waals surface area contributed by atoms with Gasteiger partial charge in [-0.2, -0.15) is 0 Å². The van der Waals surface area contributed by atoms with Gasteiger partial charge in [-0.15, -0.1) is 0 Å². The highest BCUT2D eigenvalue weighted by Crippen LogP contribution is 2.20. The van der Waals surface area contributed by atoms with Crippen LogP contribution < -0.4 is 10.1 Å². The number of halogens is 1. The lowest BCUT2D eigenvalue weighted by Crippen LogP contribution is -2.12. The van der Waals surface area contributed by atoms with E-state index in [-0.39, 0.29) is 5.91 Å². The van der Waals surface area contributed by atoms with Gasteiger partial charge < -0.3 is 14.8 Å². The molecule has 142 valence electrons. The maximum atomic E-state index is 12.5. The minimum absolute atomic E-state index is 0.298. The van der Waals surface area contributed by atoms with Crippen LogP contribution in [0.5, 0.6) is 5.75 Å². The van der Waals surface area contributed by atoms with Crippen molar-refractivity contribution in [2.24, 2.45) is 0 Å². The molecule has 1 amide bonds. The van der Waals surface area contributed by atoms with Crippen molar-refractivity contribution in [3.8, 4) is 5.75 Å². The van der Waals surface area contributed by atoms with Crippen LogP contribution in [0.3, 0.4) is 0 Å². The van der Waals surface area contributed by atoms with Crippen molar-refractivity contribution < 1.29 is 19.1 Å². The van der Waals surface area contributed by atoms with Gasteiger partial charge in [-0.05, 0) is 42.5 Å². The zero-order chi connectivity index (χ0) is 19.9. The third-order valence-corrected chi connectivity index (χ3v) is 4.36. The molecule has 1 N–H and O–H groups in total. The highest BCUT2D eigenvalue weighted by atomic mass is 35.5. The first-order valence-electron chi connectivity index (χ1n) is 8.53. The summed E-state index contributed by atoms with van der Waals surface area (Å²) in [5, 5.41) is 3.39. The fourth-order valence-electron chi connectivity index (χ4n) is 2.55. The SMILES string of the molecule is COC(=O)c1cccc(NC(=O)c2cccc(OCc3ccccc3Cl)c2)c1. The molecule has 0 spiro atoms. The van der Waals surface area contributed by atoms with Gasteiger partial charge in [0.2, 0.25) is 0 Å². The molecular formula is C22H18ClNO4. The average Bonchev–Trinajstić information content (AvgIpc) is 2.73. The van der Waals surface area contributed by atoms with E-state index in [9.17, 15) is 9.59 Å². The van der Waals surface area contributed by atoms with E-state index < -0.39 is 5.97 Å². The molecule has 0 aliphatic carbocycles. The monoisotopic (exact) mass is 395 g/mol. The second kappa shape index (κ2) is 9.06. The Morgan fingerprint density at radius 3 is 2.46 bits per heavy atom. The number of hydrogen-bond donors (Lipinski definition) is 1. The summed E-state index contributed by atoms with van der Waals surface area (Å²) in [6.07, 6.45) is 0. The van der Waals surface area contributed by atoms with Gasteiger partial charge in [0.15, 0.2) is 0 Å². The molecule has 5 nitrogen and oxygen atoms in total. The fraction of sp³-hybridized carbons (Fsp3) is 0.0909. The van der Waals surface area contributed by atoms with E-state index in [0.717, 1.165) is 5.56 Å². The number of carbonyl (C=O) groups excluding carboxylic acids is 2. The van der Waals surface area contributed by atoms with Crippen molar-refractivity contribution in [2.45, 2.75) is 6.61 Å². The van der Waals surface area contributed by atoms with Crippen molar-refractivity contribution in [1.82, 2.24) is 0 Å². The molecule has 0 bridgehead atoms. The number of methoxy groups -OCH3 is 1. The van der Waals surface area contributed by atoms with Crippen molar-refractivity contribution in [2.75, 3.05) is 12.4 Å². The van der Waals surface area contributed by atoms with Crippen molar-refractivity contribution in [1.29, 1.82) is 0 Å². The van der Waals surface area contributed by atoms with Crippen LogP contribution in [0, 0.1) is 0 Å². The maximum Gasteiger partial charge on any atom is 0.337 e. The Morgan fingerprint density at radius 1 is 0.929 bits per heavy atom. The molecule has 3 aromatic rings. The number of benzene rings is 3. The minimum Gasteiger partial charge on any atom is -0.489 e. The Balaban J connectivity index is 1.69. The number of carbonyl (C=O) groups is 2. The van der Waals surface area contributed by atoms with Crippen molar-refractivity contribution >= 4 is 29.2 Å². The normalized spacial score (nSPS) is 10.2. The van der Waals surface area contributed by atoms with Crippen molar-refractivity contribution in [3.63, 3.8) is 0 Å². The molecule has 0 atom stereocenters. The lowest BCUT2D eigenvalue weighted by molar-refractivity contribution is 0.0600. The number of anilines is 1. The van der Waals surface area contributed by atoms with E-state index in [1.165, 1.54) is 7.11 Å². The second-order valence-electron chi connectivity index (χ2n) is 5.93. The molecule has 3 rings (SSSR count). The molecule has 0 saturated heterocycles. The number of nitrogens with one attached hydrogen (secondary N) is 1. The van der Waals surface area contributed by atoms with Gasteiger partial charge in [0.05, 0.1) is 12.7 Å². The zero-order valence-corrected chi connectivity index (χ0v) is 15.9. The van der Waals surface area contributed by atoms with Gasteiger partial charge in [-0.25, -0.2) is 4.79 Å². The van der Waals surface area contributed by atoms with Crippen LogP contribution >= 0.6 is 11.6 Å². The topological polar surface area (TPSA) is 64.6 Å². The fourth-order valence-corrected chi connectivity index (χ4v) is 2.74. The summed E-state index contributed by atoms with van der Waals surface area (Å²) in [7, 11) is 1.31. The number of amides is 1. The third kappa shape index (κ3) is 4.90. The third-order valence-electron chi connectivity index (χ3n) is 3.99. The molecule has 0 radical (unpaired) electrons. The molecule has 0 saturated carbocycles. The molecule has 0 heterocycles. The number of rotatable bonds is 6. The van der Waals surface area contributed by atoms with E-state index in [1.807, 2.05) is 18.2 Å². The summed E-state index contributed by atoms with van der Waals surface area (Å²) < 4.78 is 10.4. The molecule has 28 heavy (non-hydrogen) atoms. The average molecular weight is 396 g/mol. The van der Waals surface area contributed by atoms with Gasteiger partial charge in [0.25, 0.3) is 5.91 Å². The van der Waals surface area contributed by atoms with E-state index in [4.69, 9.17) is 21.1 Å². The van der Waals surface area contributed by atoms with Crippen LogP contribution in [0.2, 0.25) is 5.02 Å². The summed E-state index contributed by atoms with van der Waals surface area (Å²) >= 11 is 6.13.